The van der Waals surface area contributed by atoms with Crippen molar-refractivity contribution >= 4 is 81.3 Å². The van der Waals surface area contributed by atoms with E-state index in [0.717, 1.165) is 39.0 Å². The molecule has 0 unspecified atom stereocenters. The molecule has 2 aromatic heterocycles. The van der Waals surface area contributed by atoms with Crippen LogP contribution in [0.1, 0.15) is 0 Å². The van der Waals surface area contributed by atoms with Crippen molar-refractivity contribution in [3.63, 3.8) is 0 Å². The summed E-state index contributed by atoms with van der Waals surface area (Å²) in [4.78, 5) is 2.41. The van der Waals surface area contributed by atoms with Crippen molar-refractivity contribution in [3.05, 3.63) is 176 Å². The molecule has 10 rings (SSSR count). The van der Waals surface area contributed by atoms with Crippen molar-refractivity contribution in [2.24, 2.45) is 0 Å². The molecule has 0 amide bonds. The van der Waals surface area contributed by atoms with E-state index in [1.165, 1.54) is 53.2 Å². The van der Waals surface area contributed by atoms with Crippen LogP contribution in [0.5, 0.6) is 0 Å². The third-order valence-electron chi connectivity index (χ3n) is 9.61. The molecule has 0 saturated carbocycles. The number of para-hydroxylation sites is 1. The Morgan fingerprint density at radius 1 is 0.429 bits per heavy atom. The fraction of sp³-hybridized carbons (Fsp3) is 0. The highest BCUT2D eigenvalue weighted by Gasteiger charge is 2.22. The largest absolute Gasteiger partial charge is 0.456 e. The minimum Gasteiger partial charge on any atom is -0.456 e. The summed E-state index contributed by atoms with van der Waals surface area (Å²) in [5, 5.41) is 7.22. The van der Waals surface area contributed by atoms with Crippen LogP contribution < -0.4 is 4.90 Å². The topological polar surface area (TPSA) is 16.4 Å². The van der Waals surface area contributed by atoms with Crippen LogP contribution in [0.15, 0.2) is 180 Å². The molecule has 0 aliphatic carbocycles. The Bertz CT molecular complexity index is 2840. The number of thiophene rings is 1. The van der Waals surface area contributed by atoms with E-state index in [4.69, 9.17) is 4.42 Å². The minimum atomic E-state index is 0.874. The van der Waals surface area contributed by atoms with Crippen LogP contribution in [-0.2, 0) is 0 Å². The Labute approximate surface area is 287 Å². The average Bonchev–Trinajstić information content (AvgIpc) is 3.74. The summed E-state index contributed by atoms with van der Waals surface area (Å²) in [5.41, 5.74) is 9.79. The zero-order valence-electron chi connectivity index (χ0n) is 26.5. The van der Waals surface area contributed by atoms with Crippen molar-refractivity contribution in [3.8, 4) is 22.3 Å². The first kappa shape index (κ1) is 27.9. The van der Waals surface area contributed by atoms with Gasteiger partial charge in [-0.1, -0.05) is 121 Å². The Kier molecular flexibility index (Phi) is 6.39. The Morgan fingerprint density at radius 2 is 1.14 bits per heavy atom. The minimum absolute atomic E-state index is 0.874. The molecule has 0 N–H and O–H groups in total. The molecular formula is C46H29NOS. The first-order chi connectivity index (χ1) is 24.3. The molecule has 0 aliphatic rings. The molecule has 0 fully saturated rings. The molecule has 0 spiro atoms. The predicted octanol–water partition coefficient (Wildman–Crippen LogP) is 13.9. The summed E-state index contributed by atoms with van der Waals surface area (Å²) in [6, 6.07) is 63.3. The molecule has 8 aromatic carbocycles. The highest BCUT2D eigenvalue weighted by atomic mass is 32.1. The van der Waals surface area contributed by atoms with Gasteiger partial charge in [0, 0.05) is 36.9 Å². The number of furan rings is 1. The van der Waals surface area contributed by atoms with E-state index < -0.39 is 0 Å². The quantitative estimate of drug-likeness (QED) is 0.186. The Balaban J connectivity index is 1.29. The molecule has 3 heteroatoms. The van der Waals surface area contributed by atoms with Gasteiger partial charge in [0.05, 0.1) is 11.1 Å². The second kappa shape index (κ2) is 11.2. The van der Waals surface area contributed by atoms with Crippen LogP contribution in [0.4, 0.5) is 17.1 Å². The van der Waals surface area contributed by atoms with Gasteiger partial charge >= 0.3 is 0 Å². The standard InChI is InChI=1S/C46H29NOS/c1-2-12-30(13-3-1)33-26-34(37-18-10-19-39-38-16-7-9-23-44(38)49-46(37)39)29-36(28-33)47(35-25-24-31-14-4-5-15-32(31)27-35)41-20-11-22-43-45(41)40-17-6-8-21-42(40)48-43/h1-29H. The maximum atomic E-state index is 6.42. The molecule has 49 heavy (non-hydrogen) atoms. The number of nitrogens with zero attached hydrogens (tertiary/aromatic N) is 1. The Morgan fingerprint density at radius 3 is 2.06 bits per heavy atom. The number of rotatable bonds is 5. The maximum Gasteiger partial charge on any atom is 0.137 e. The van der Waals surface area contributed by atoms with Gasteiger partial charge in [-0.2, -0.15) is 0 Å². The van der Waals surface area contributed by atoms with E-state index in [-0.39, 0.29) is 0 Å². The van der Waals surface area contributed by atoms with Crippen LogP contribution in [0, 0.1) is 0 Å². The average molecular weight is 644 g/mol. The number of fused-ring (bicyclic) bond motifs is 7. The lowest BCUT2D eigenvalue weighted by Crippen LogP contribution is -2.11. The van der Waals surface area contributed by atoms with E-state index in [2.05, 4.69) is 175 Å². The van der Waals surface area contributed by atoms with E-state index >= 15 is 0 Å². The van der Waals surface area contributed by atoms with Crippen molar-refractivity contribution in [2.45, 2.75) is 0 Å². The van der Waals surface area contributed by atoms with Crippen LogP contribution in [-0.4, -0.2) is 0 Å². The highest BCUT2D eigenvalue weighted by Crippen LogP contribution is 2.47. The van der Waals surface area contributed by atoms with E-state index in [9.17, 15) is 0 Å². The smallest absolute Gasteiger partial charge is 0.137 e. The van der Waals surface area contributed by atoms with Gasteiger partial charge in [-0.3, -0.25) is 0 Å². The van der Waals surface area contributed by atoms with Gasteiger partial charge in [-0.25, -0.2) is 0 Å². The number of anilines is 3. The zero-order chi connectivity index (χ0) is 32.3. The second-order valence-electron chi connectivity index (χ2n) is 12.5. The molecule has 2 nitrogen and oxygen atoms in total. The molecule has 10 aromatic rings. The lowest BCUT2D eigenvalue weighted by Gasteiger charge is -2.28. The van der Waals surface area contributed by atoms with Crippen LogP contribution >= 0.6 is 11.3 Å². The molecule has 0 atom stereocenters. The number of hydrogen-bond acceptors (Lipinski definition) is 3. The lowest BCUT2D eigenvalue weighted by atomic mass is 9.96. The molecule has 0 bridgehead atoms. The van der Waals surface area contributed by atoms with Crippen molar-refractivity contribution in [1.82, 2.24) is 0 Å². The van der Waals surface area contributed by atoms with Crippen molar-refractivity contribution in [2.75, 3.05) is 4.90 Å². The second-order valence-corrected chi connectivity index (χ2v) is 13.6. The van der Waals surface area contributed by atoms with Gasteiger partial charge in [-0.15, -0.1) is 11.3 Å². The molecule has 230 valence electrons. The summed E-state index contributed by atoms with van der Waals surface area (Å²) in [7, 11) is 0. The molecular weight excluding hydrogens is 615 g/mol. The van der Waals surface area contributed by atoms with Gasteiger partial charge in [0.2, 0.25) is 0 Å². The van der Waals surface area contributed by atoms with Crippen molar-refractivity contribution < 1.29 is 4.42 Å². The SMILES string of the molecule is c1ccc(-c2cc(-c3cccc4c3sc3ccccc34)cc(N(c3ccc4ccccc4c3)c3cccc4oc5ccccc5c34)c2)cc1. The monoisotopic (exact) mass is 643 g/mol. The fourth-order valence-electron chi connectivity index (χ4n) is 7.35. The summed E-state index contributed by atoms with van der Waals surface area (Å²) in [6.07, 6.45) is 0. The van der Waals surface area contributed by atoms with E-state index in [0.29, 0.717) is 0 Å². The predicted molar refractivity (Wildman–Crippen MR) is 210 cm³/mol. The zero-order valence-corrected chi connectivity index (χ0v) is 27.3. The summed E-state index contributed by atoms with van der Waals surface area (Å²) in [6.45, 7) is 0. The molecule has 2 heterocycles. The van der Waals surface area contributed by atoms with Gasteiger partial charge in [0.1, 0.15) is 11.2 Å². The van der Waals surface area contributed by atoms with Crippen LogP contribution in [0.3, 0.4) is 0 Å². The highest BCUT2D eigenvalue weighted by molar-refractivity contribution is 7.26. The van der Waals surface area contributed by atoms with E-state index in [1.807, 2.05) is 17.4 Å². The lowest BCUT2D eigenvalue weighted by molar-refractivity contribution is 0.669. The number of benzene rings is 8. The normalized spacial score (nSPS) is 11.7. The van der Waals surface area contributed by atoms with E-state index in [1.54, 1.807) is 0 Å². The van der Waals surface area contributed by atoms with Gasteiger partial charge < -0.3 is 9.32 Å². The van der Waals surface area contributed by atoms with Crippen molar-refractivity contribution in [1.29, 1.82) is 0 Å². The maximum absolute atomic E-state index is 6.42. The first-order valence-corrected chi connectivity index (χ1v) is 17.4. The van der Waals surface area contributed by atoms with Crippen LogP contribution in [0.2, 0.25) is 0 Å². The summed E-state index contributed by atoms with van der Waals surface area (Å²) >= 11 is 1.87. The third-order valence-corrected chi connectivity index (χ3v) is 10.8. The van der Waals surface area contributed by atoms with Crippen LogP contribution in [0.25, 0.3) is 75.1 Å². The summed E-state index contributed by atoms with van der Waals surface area (Å²) < 4.78 is 9.03. The van der Waals surface area contributed by atoms with Gasteiger partial charge in [0.25, 0.3) is 0 Å². The third kappa shape index (κ3) is 4.62. The van der Waals surface area contributed by atoms with Gasteiger partial charge in [-0.05, 0) is 87.6 Å². The van der Waals surface area contributed by atoms with Gasteiger partial charge in [0.15, 0.2) is 0 Å². The fourth-order valence-corrected chi connectivity index (χ4v) is 8.59. The summed E-state index contributed by atoms with van der Waals surface area (Å²) in [5.74, 6) is 0. The first-order valence-electron chi connectivity index (χ1n) is 16.6. The molecule has 0 aliphatic heterocycles. The number of hydrogen-bond donors (Lipinski definition) is 0. The molecule has 0 saturated heterocycles. The molecule has 0 radical (unpaired) electrons. The Hall–Kier alpha value is -6.16.